The summed E-state index contributed by atoms with van der Waals surface area (Å²) in [4.78, 5) is 8.28. The molecule has 178 valence electrons. The highest BCUT2D eigenvalue weighted by Crippen LogP contribution is 2.53. The molecule has 0 amide bonds. The van der Waals surface area contributed by atoms with Crippen LogP contribution in [-0.4, -0.2) is 50.5 Å². The van der Waals surface area contributed by atoms with Gasteiger partial charge in [0.25, 0.3) is 10.0 Å². The Morgan fingerprint density at radius 1 is 1.15 bits per heavy atom. The number of aromatic nitrogens is 1. The van der Waals surface area contributed by atoms with Gasteiger partial charge in [0.05, 0.1) is 15.7 Å². The van der Waals surface area contributed by atoms with Crippen LogP contribution >= 0.6 is 23.2 Å². The van der Waals surface area contributed by atoms with Crippen molar-refractivity contribution in [2.75, 3.05) is 35.8 Å². The first-order chi connectivity index (χ1) is 15.7. The molecule has 10 heteroatoms. The van der Waals surface area contributed by atoms with E-state index >= 15 is 0 Å². The quantitative estimate of drug-likeness (QED) is 0.569. The summed E-state index contributed by atoms with van der Waals surface area (Å²) < 4.78 is 41.3. The summed E-state index contributed by atoms with van der Waals surface area (Å²) in [5, 5.41) is 0.396. The van der Waals surface area contributed by atoms with E-state index in [0.717, 1.165) is 37.2 Å². The Hall–Kier alpha value is -1.61. The fraction of sp³-hybridized carbons (Fsp3) is 0.522. The molecule has 2 aliphatic heterocycles. The summed E-state index contributed by atoms with van der Waals surface area (Å²) in [5.74, 6) is -0.144. The molecule has 1 aromatic heterocycles. The van der Waals surface area contributed by atoms with Gasteiger partial charge in [0.1, 0.15) is 10.7 Å². The lowest BCUT2D eigenvalue weighted by atomic mass is 9.63. The van der Waals surface area contributed by atoms with Crippen LogP contribution in [0.1, 0.15) is 32.6 Å². The van der Waals surface area contributed by atoms with E-state index in [1.165, 1.54) is 50.6 Å². The van der Waals surface area contributed by atoms with Crippen LogP contribution in [0.4, 0.5) is 15.9 Å². The van der Waals surface area contributed by atoms with Crippen LogP contribution in [0.5, 0.6) is 0 Å². The number of nitrogens with zero attached hydrogens (tertiary/aromatic N) is 3. The van der Waals surface area contributed by atoms with E-state index in [1.54, 1.807) is 6.07 Å². The molecule has 0 bridgehead atoms. The number of rotatable bonds is 5. The van der Waals surface area contributed by atoms with Gasteiger partial charge in [-0.05, 0) is 62.4 Å². The molecule has 6 nitrogen and oxygen atoms in total. The number of halogens is 3. The Morgan fingerprint density at radius 3 is 2.64 bits per heavy atom. The maximum atomic E-state index is 13.4. The predicted octanol–water partition coefficient (Wildman–Crippen LogP) is 5.03. The average molecular weight is 513 g/mol. The molecule has 2 saturated heterocycles. The first kappa shape index (κ1) is 23.1. The molecule has 2 aromatic rings. The fourth-order valence-corrected chi connectivity index (χ4v) is 7.60. The van der Waals surface area contributed by atoms with Crippen molar-refractivity contribution >= 4 is 44.7 Å². The van der Waals surface area contributed by atoms with Gasteiger partial charge in [-0.25, -0.2) is 13.4 Å². The lowest BCUT2D eigenvalue weighted by Gasteiger charge is -2.51. The molecule has 3 heterocycles. The number of hydrogen-bond acceptors (Lipinski definition) is 5. The molecule has 1 spiro atoms. The second-order valence-corrected chi connectivity index (χ2v) is 12.1. The SMILES string of the molecule is C[C@@H]1CCN([C@@H]2CC[C@@]23CCN(c2cc(Cl)c(S(=O)(=O)Nc4cccc(F)n4)cc2Cl)C3)C1. The average Bonchev–Trinajstić information content (AvgIpc) is 3.36. The molecule has 33 heavy (non-hydrogen) atoms. The molecule has 1 saturated carbocycles. The summed E-state index contributed by atoms with van der Waals surface area (Å²) in [5.41, 5.74) is 1.02. The van der Waals surface area contributed by atoms with Crippen molar-refractivity contribution < 1.29 is 12.8 Å². The number of benzene rings is 1. The van der Waals surface area contributed by atoms with Crippen molar-refractivity contribution in [3.63, 3.8) is 0 Å². The second-order valence-electron chi connectivity index (χ2n) is 9.66. The van der Waals surface area contributed by atoms with Crippen LogP contribution < -0.4 is 9.62 Å². The molecule has 3 aliphatic rings. The van der Waals surface area contributed by atoms with Crippen molar-refractivity contribution in [1.82, 2.24) is 9.88 Å². The largest absolute Gasteiger partial charge is 0.370 e. The van der Waals surface area contributed by atoms with E-state index in [4.69, 9.17) is 23.2 Å². The third-order valence-corrected chi connectivity index (χ3v) is 9.61. The van der Waals surface area contributed by atoms with Gasteiger partial charge in [-0.1, -0.05) is 36.2 Å². The number of sulfonamides is 1. The molecule has 1 aromatic carbocycles. The maximum absolute atomic E-state index is 13.4. The lowest BCUT2D eigenvalue weighted by Crippen LogP contribution is -2.55. The number of nitrogens with one attached hydrogen (secondary N) is 1. The van der Waals surface area contributed by atoms with Crippen molar-refractivity contribution in [2.45, 2.75) is 43.5 Å². The van der Waals surface area contributed by atoms with Crippen LogP contribution in [-0.2, 0) is 10.0 Å². The molecule has 5 rings (SSSR count). The molecular weight excluding hydrogens is 486 g/mol. The highest BCUT2D eigenvalue weighted by molar-refractivity contribution is 7.92. The van der Waals surface area contributed by atoms with Crippen molar-refractivity contribution in [3.05, 3.63) is 46.3 Å². The van der Waals surface area contributed by atoms with Gasteiger partial charge in [-0.2, -0.15) is 4.39 Å². The Labute approximate surface area is 204 Å². The highest BCUT2D eigenvalue weighted by atomic mass is 35.5. The van der Waals surface area contributed by atoms with E-state index < -0.39 is 16.0 Å². The van der Waals surface area contributed by atoms with Gasteiger partial charge in [-0.15, -0.1) is 0 Å². The van der Waals surface area contributed by atoms with Gasteiger partial charge in [0.2, 0.25) is 5.95 Å². The summed E-state index contributed by atoms with van der Waals surface area (Å²) in [6.07, 6.45) is 4.82. The van der Waals surface area contributed by atoms with Gasteiger partial charge >= 0.3 is 0 Å². The first-order valence-electron chi connectivity index (χ1n) is 11.3. The normalized spacial score (nSPS) is 27.8. The summed E-state index contributed by atoms with van der Waals surface area (Å²) in [7, 11) is -4.09. The third kappa shape index (κ3) is 4.31. The van der Waals surface area contributed by atoms with E-state index in [-0.39, 0.29) is 21.2 Å². The molecule has 0 radical (unpaired) electrons. The van der Waals surface area contributed by atoms with Gasteiger partial charge in [0.15, 0.2) is 0 Å². The topological polar surface area (TPSA) is 65.5 Å². The summed E-state index contributed by atoms with van der Waals surface area (Å²) in [6.45, 7) is 6.45. The fourth-order valence-electron chi connectivity index (χ4n) is 5.71. The van der Waals surface area contributed by atoms with E-state index in [0.29, 0.717) is 11.1 Å². The summed E-state index contributed by atoms with van der Waals surface area (Å²) in [6, 6.07) is 7.48. The van der Waals surface area contributed by atoms with E-state index in [1.807, 2.05) is 0 Å². The van der Waals surface area contributed by atoms with Crippen LogP contribution in [0.3, 0.4) is 0 Å². The van der Waals surface area contributed by atoms with Gasteiger partial charge in [0, 0.05) is 31.1 Å². The number of anilines is 2. The smallest absolute Gasteiger partial charge is 0.264 e. The Kier molecular flexibility index (Phi) is 6.00. The molecule has 0 unspecified atom stereocenters. The molecular formula is C23H27Cl2FN4O2S. The number of pyridine rings is 1. The predicted molar refractivity (Wildman–Crippen MR) is 129 cm³/mol. The van der Waals surface area contributed by atoms with Crippen LogP contribution in [0.15, 0.2) is 35.2 Å². The minimum atomic E-state index is -4.09. The first-order valence-corrected chi connectivity index (χ1v) is 13.5. The molecule has 1 N–H and O–H groups in total. The minimum Gasteiger partial charge on any atom is -0.370 e. The zero-order valence-electron chi connectivity index (χ0n) is 18.4. The zero-order valence-corrected chi connectivity index (χ0v) is 20.7. The minimum absolute atomic E-state index is 0.0674. The number of likely N-dealkylation sites (tertiary alicyclic amines) is 1. The highest BCUT2D eigenvalue weighted by Gasteiger charge is 2.53. The van der Waals surface area contributed by atoms with E-state index in [2.05, 4.69) is 26.4 Å². The Balaban J connectivity index is 1.35. The van der Waals surface area contributed by atoms with Crippen molar-refractivity contribution in [1.29, 1.82) is 0 Å². The standard InChI is InChI=1S/C23H27Cl2FN4O2S/c1-15-6-9-29(13-15)20-5-7-23(20)8-10-30(14-23)18-11-17(25)19(12-16(18)24)33(31,32)28-22-4-2-3-21(26)27-22/h2-4,11-12,15,20H,5-10,13-14H2,1H3,(H,27,28)/t15-,20-,23+/m1/s1. The number of hydrogen-bond donors (Lipinski definition) is 1. The summed E-state index contributed by atoms with van der Waals surface area (Å²) >= 11 is 13.0. The maximum Gasteiger partial charge on any atom is 0.264 e. The second kappa shape index (κ2) is 8.56. The lowest BCUT2D eigenvalue weighted by molar-refractivity contribution is 0.000292. The van der Waals surface area contributed by atoms with Crippen LogP contribution in [0.2, 0.25) is 10.0 Å². The van der Waals surface area contributed by atoms with Crippen LogP contribution in [0, 0.1) is 17.3 Å². The monoisotopic (exact) mass is 512 g/mol. The third-order valence-electron chi connectivity index (χ3n) is 7.49. The Morgan fingerprint density at radius 2 is 1.97 bits per heavy atom. The molecule has 3 fully saturated rings. The van der Waals surface area contributed by atoms with Crippen LogP contribution in [0.25, 0.3) is 0 Å². The zero-order chi connectivity index (χ0) is 23.4. The Bertz CT molecular complexity index is 1180. The molecule has 1 aliphatic carbocycles. The van der Waals surface area contributed by atoms with Gasteiger partial charge < -0.3 is 4.90 Å². The molecule has 3 atom stereocenters. The van der Waals surface area contributed by atoms with E-state index in [9.17, 15) is 12.8 Å². The van der Waals surface area contributed by atoms with Crippen molar-refractivity contribution in [3.8, 4) is 0 Å². The van der Waals surface area contributed by atoms with Crippen molar-refractivity contribution in [2.24, 2.45) is 11.3 Å². The van der Waals surface area contributed by atoms with Gasteiger partial charge in [-0.3, -0.25) is 9.62 Å².